The second-order valence-electron chi connectivity index (χ2n) is 14.8. The van der Waals surface area contributed by atoms with Gasteiger partial charge in [0.25, 0.3) is 0 Å². The van der Waals surface area contributed by atoms with Gasteiger partial charge in [0.2, 0.25) is 0 Å². The van der Waals surface area contributed by atoms with E-state index in [0.717, 1.165) is 27.9 Å². The first-order chi connectivity index (χ1) is 26.5. The van der Waals surface area contributed by atoms with E-state index in [1.807, 2.05) is 18.2 Å². The van der Waals surface area contributed by atoms with Crippen LogP contribution in [0.25, 0.3) is 94.3 Å². The van der Waals surface area contributed by atoms with E-state index in [1.165, 1.54) is 60.1 Å². The van der Waals surface area contributed by atoms with Crippen LogP contribution < -0.4 is 0 Å². The lowest BCUT2D eigenvalue weighted by Gasteiger charge is -2.24. The van der Waals surface area contributed by atoms with Crippen LogP contribution in [-0.2, 0) is 5.41 Å². The van der Waals surface area contributed by atoms with Crippen LogP contribution in [-0.4, -0.2) is 19.5 Å². The van der Waals surface area contributed by atoms with E-state index in [-0.39, 0.29) is 5.41 Å². The molecule has 0 aliphatic heterocycles. The number of benzene rings is 8. The number of fused-ring (bicyclic) bond motifs is 10. The SMILES string of the molecule is CC1(C)c2ccc3ccc4ccccc4c3c2-c2cccc(-c3nc(-c4ccccc4)nc(-c4ccc5c6ccccc6n(-c6ccccc6)c5c4)n3)c21. The van der Waals surface area contributed by atoms with Crippen LogP contribution in [0.1, 0.15) is 25.0 Å². The van der Waals surface area contributed by atoms with Crippen LogP contribution in [0.4, 0.5) is 0 Å². The van der Waals surface area contributed by atoms with Gasteiger partial charge in [-0.1, -0.05) is 159 Å². The highest BCUT2D eigenvalue weighted by molar-refractivity contribution is 6.17. The first-order valence-corrected chi connectivity index (χ1v) is 18.5. The molecule has 0 saturated heterocycles. The highest BCUT2D eigenvalue weighted by Gasteiger charge is 2.39. The fourth-order valence-electron chi connectivity index (χ4n) is 8.96. The van der Waals surface area contributed by atoms with Crippen LogP contribution in [0.5, 0.6) is 0 Å². The van der Waals surface area contributed by atoms with Crippen LogP contribution in [0, 0.1) is 0 Å². The summed E-state index contributed by atoms with van der Waals surface area (Å²) in [6.45, 7) is 4.68. The molecular weight excluding hydrogens is 657 g/mol. The monoisotopic (exact) mass is 690 g/mol. The molecule has 0 unspecified atom stereocenters. The van der Waals surface area contributed by atoms with Gasteiger partial charge in [-0.2, -0.15) is 0 Å². The lowest BCUT2D eigenvalue weighted by Crippen LogP contribution is -2.17. The molecule has 0 saturated carbocycles. The van der Waals surface area contributed by atoms with Gasteiger partial charge in [-0.25, -0.2) is 15.0 Å². The first-order valence-electron chi connectivity index (χ1n) is 18.5. The molecule has 8 aromatic carbocycles. The van der Waals surface area contributed by atoms with Gasteiger partial charge in [-0.3, -0.25) is 0 Å². The first kappa shape index (κ1) is 30.7. The number of hydrogen-bond donors (Lipinski definition) is 0. The van der Waals surface area contributed by atoms with E-state index in [9.17, 15) is 0 Å². The zero-order valence-corrected chi connectivity index (χ0v) is 30.0. The van der Waals surface area contributed by atoms with Crippen molar-refractivity contribution in [1.82, 2.24) is 19.5 Å². The summed E-state index contributed by atoms with van der Waals surface area (Å²) >= 11 is 0. The van der Waals surface area contributed by atoms with Crippen LogP contribution >= 0.6 is 0 Å². The number of nitrogens with zero attached hydrogens (tertiary/aromatic N) is 4. The third kappa shape index (κ3) is 4.47. The summed E-state index contributed by atoms with van der Waals surface area (Å²) in [7, 11) is 0. The van der Waals surface area contributed by atoms with Gasteiger partial charge in [-0.05, 0) is 68.1 Å². The molecule has 11 rings (SSSR count). The number of aromatic nitrogens is 4. The maximum Gasteiger partial charge on any atom is 0.164 e. The molecule has 2 aromatic heterocycles. The summed E-state index contributed by atoms with van der Waals surface area (Å²) in [5, 5.41) is 7.48. The van der Waals surface area contributed by atoms with Gasteiger partial charge < -0.3 is 4.57 Å². The zero-order valence-electron chi connectivity index (χ0n) is 30.0. The number of rotatable bonds is 4. The maximum atomic E-state index is 5.35. The van der Waals surface area contributed by atoms with Crippen LogP contribution in [0.2, 0.25) is 0 Å². The molecule has 0 bridgehead atoms. The highest BCUT2D eigenvalue weighted by Crippen LogP contribution is 2.55. The van der Waals surface area contributed by atoms with Crippen LogP contribution in [0.15, 0.2) is 170 Å². The molecule has 0 radical (unpaired) electrons. The van der Waals surface area contributed by atoms with Gasteiger partial charge in [0.1, 0.15) is 0 Å². The summed E-state index contributed by atoms with van der Waals surface area (Å²) < 4.78 is 2.34. The van der Waals surface area contributed by atoms with Crippen molar-refractivity contribution in [2.75, 3.05) is 0 Å². The third-order valence-corrected chi connectivity index (χ3v) is 11.4. The maximum absolute atomic E-state index is 5.35. The highest BCUT2D eigenvalue weighted by atomic mass is 15.0. The Bertz CT molecular complexity index is 3120. The smallest absolute Gasteiger partial charge is 0.164 e. The van der Waals surface area contributed by atoms with Gasteiger partial charge in [-0.15, -0.1) is 0 Å². The lowest BCUT2D eigenvalue weighted by molar-refractivity contribution is 0.662. The minimum Gasteiger partial charge on any atom is -0.309 e. The van der Waals surface area contributed by atoms with E-state index < -0.39 is 0 Å². The Balaban J connectivity index is 1.16. The molecule has 54 heavy (non-hydrogen) atoms. The summed E-state index contributed by atoms with van der Waals surface area (Å²) in [5.41, 5.74) is 11.1. The summed E-state index contributed by atoms with van der Waals surface area (Å²) in [6.07, 6.45) is 0. The third-order valence-electron chi connectivity index (χ3n) is 11.4. The van der Waals surface area contributed by atoms with Gasteiger partial charge in [0.05, 0.1) is 11.0 Å². The standard InChI is InChI=1S/C50H34N4/c1-50(2)41-29-27-32-25-24-31-14-9-10-19-36(31)44(32)45(41)39-21-13-22-40(46(39)50)49-52-47(33-15-5-3-6-16-33)51-48(53-49)34-26-28-38-37-20-11-12-23-42(37)54(43(38)30-34)35-17-7-4-8-18-35/h3-30H,1-2H3. The van der Waals surface area contributed by atoms with E-state index in [1.54, 1.807) is 0 Å². The quantitative estimate of drug-likeness (QED) is 0.173. The van der Waals surface area contributed by atoms with Crippen molar-refractivity contribution in [2.24, 2.45) is 0 Å². The van der Waals surface area contributed by atoms with E-state index >= 15 is 0 Å². The van der Waals surface area contributed by atoms with E-state index in [0.29, 0.717) is 17.5 Å². The van der Waals surface area contributed by atoms with Crippen molar-refractivity contribution in [3.8, 4) is 51.0 Å². The Morgan fingerprint density at radius 1 is 0.444 bits per heavy atom. The summed E-state index contributed by atoms with van der Waals surface area (Å²) in [6, 6.07) is 60.5. The Hall–Kier alpha value is -6.91. The molecule has 0 amide bonds. The normalized spacial score (nSPS) is 13.1. The molecule has 0 atom stereocenters. The fourth-order valence-corrected chi connectivity index (χ4v) is 8.96. The minimum absolute atomic E-state index is 0.290. The average Bonchev–Trinajstić information content (AvgIpc) is 3.69. The zero-order chi connectivity index (χ0) is 36.0. The largest absolute Gasteiger partial charge is 0.309 e. The predicted molar refractivity (Wildman–Crippen MR) is 223 cm³/mol. The average molecular weight is 691 g/mol. The minimum atomic E-state index is -0.290. The number of para-hydroxylation sites is 2. The second kappa shape index (κ2) is 11.5. The molecule has 254 valence electrons. The molecule has 1 aliphatic rings. The van der Waals surface area contributed by atoms with E-state index in [2.05, 4.69) is 170 Å². The molecule has 0 spiro atoms. The molecule has 10 aromatic rings. The molecule has 0 N–H and O–H groups in total. The molecule has 4 nitrogen and oxygen atoms in total. The van der Waals surface area contributed by atoms with Gasteiger partial charge in [0, 0.05) is 38.6 Å². The Morgan fingerprint density at radius 3 is 1.91 bits per heavy atom. The van der Waals surface area contributed by atoms with Gasteiger partial charge >= 0.3 is 0 Å². The van der Waals surface area contributed by atoms with Crippen LogP contribution in [0.3, 0.4) is 0 Å². The van der Waals surface area contributed by atoms with E-state index in [4.69, 9.17) is 15.0 Å². The molecule has 4 heteroatoms. The van der Waals surface area contributed by atoms with Gasteiger partial charge in [0.15, 0.2) is 17.5 Å². The predicted octanol–water partition coefficient (Wildman–Crippen LogP) is 12.6. The van der Waals surface area contributed by atoms with Crippen molar-refractivity contribution >= 4 is 43.4 Å². The molecule has 2 heterocycles. The van der Waals surface area contributed by atoms with Crippen molar-refractivity contribution in [1.29, 1.82) is 0 Å². The summed E-state index contributed by atoms with van der Waals surface area (Å²) in [4.78, 5) is 15.8. The second-order valence-corrected chi connectivity index (χ2v) is 14.8. The topological polar surface area (TPSA) is 43.6 Å². The molecular formula is C50H34N4. The molecule has 1 aliphatic carbocycles. The van der Waals surface area contributed by atoms with Crippen molar-refractivity contribution < 1.29 is 0 Å². The van der Waals surface area contributed by atoms with Crippen molar-refractivity contribution in [3.05, 3.63) is 181 Å². The summed E-state index contributed by atoms with van der Waals surface area (Å²) in [5.74, 6) is 1.98. The Kier molecular flexibility index (Phi) is 6.56. The fraction of sp³-hybridized carbons (Fsp3) is 0.0600. The number of hydrogen-bond acceptors (Lipinski definition) is 3. The Morgan fingerprint density at radius 2 is 1.07 bits per heavy atom. The van der Waals surface area contributed by atoms with Crippen molar-refractivity contribution in [2.45, 2.75) is 19.3 Å². The lowest BCUT2D eigenvalue weighted by atomic mass is 9.79. The van der Waals surface area contributed by atoms with Crippen molar-refractivity contribution in [3.63, 3.8) is 0 Å². The molecule has 0 fully saturated rings. The Labute approximate surface area is 313 Å².